The molecule has 1 aliphatic rings. The lowest BCUT2D eigenvalue weighted by atomic mass is 9.87. The second kappa shape index (κ2) is 15.5. The molecule has 0 radical (unpaired) electrons. The van der Waals surface area contributed by atoms with E-state index in [0.29, 0.717) is 37.8 Å². The van der Waals surface area contributed by atoms with Gasteiger partial charge in [0.05, 0.1) is 29.9 Å². The number of aliphatic hydroxyl groups excluding tert-OH is 3. The molecule has 2 aromatic rings. The van der Waals surface area contributed by atoms with Gasteiger partial charge in [-0.15, -0.1) is 0 Å². The molecule has 2 amide bonds. The molecule has 0 fully saturated rings. The van der Waals surface area contributed by atoms with Crippen LogP contribution >= 0.6 is 34.2 Å². The van der Waals surface area contributed by atoms with E-state index in [2.05, 4.69) is 5.32 Å². The van der Waals surface area contributed by atoms with E-state index in [0.717, 1.165) is 5.56 Å². The lowest BCUT2D eigenvalue weighted by Crippen LogP contribution is -2.55. The van der Waals surface area contributed by atoms with Gasteiger partial charge in [0, 0.05) is 36.7 Å². The molecular weight excluding hydrogens is 655 g/mol. The molecule has 0 bridgehead atoms. The Morgan fingerprint density at radius 1 is 1.18 bits per heavy atom. The summed E-state index contributed by atoms with van der Waals surface area (Å²) >= 11 is 8.09. The Balaban J connectivity index is 2.02. The van der Waals surface area contributed by atoms with E-state index in [1.807, 2.05) is 22.6 Å². The van der Waals surface area contributed by atoms with E-state index in [4.69, 9.17) is 25.8 Å². The van der Waals surface area contributed by atoms with Gasteiger partial charge in [-0.3, -0.25) is 9.59 Å². The summed E-state index contributed by atoms with van der Waals surface area (Å²) in [5.74, 6) is -0.145. The molecule has 0 saturated heterocycles. The number of halogens is 2. The number of ether oxygens (including phenoxy) is 3. The Kier molecular flexibility index (Phi) is 12.5. The van der Waals surface area contributed by atoms with E-state index < -0.39 is 24.2 Å². The van der Waals surface area contributed by atoms with Crippen molar-refractivity contribution >= 4 is 46.0 Å². The maximum absolute atomic E-state index is 13.4. The van der Waals surface area contributed by atoms with Crippen LogP contribution in [0.2, 0.25) is 5.02 Å². The van der Waals surface area contributed by atoms with Crippen LogP contribution in [0, 0.1) is 3.57 Å². The van der Waals surface area contributed by atoms with Gasteiger partial charge in [0.15, 0.2) is 11.5 Å². The highest BCUT2D eigenvalue weighted by Gasteiger charge is 2.41. The van der Waals surface area contributed by atoms with Gasteiger partial charge in [0.25, 0.3) is 0 Å². The van der Waals surface area contributed by atoms with Crippen LogP contribution in [-0.4, -0.2) is 83.8 Å². The zero-order chi connectivity index (χ0) is 29.2. The molecular formula is C28H34ClIN2O8. The normalized spacial score (nSPS) is 18.6. The van der Waals surface area contributed by atoms with E-state index in [-0.39, 0.29) is 45.2 Å². The highest BCUT2D eigenvalue weighted by Crippen LogP contribution is 2.37. The van der Waals surface area contributed by atoms with Crippen LogP contribution in [0.5, 0.6) is 11.5 Å². The maximum atomic E-state index is 13.4. The smallest absolute Gasteiger partial charge is 0.249 e. The molecule has 12 heteroatoms. The first kappa shape index (κ1) is 32.1. The zero-order valence-corrected chi connectivity index (χ0v) is 25.2. The largest absolute Gasteiger partial charge is 0.493 e. The number of hydrogen-bond acceptors (Lipinski definition) is 8. The third-order valence-electron chi connectivity index (χ3n) is 6.36. The number of amides is 2. The molecule has 4 N–H and O–H groups in total. The van der Waals surface area contributed by atoms with E-state index in [1.54, 1.807) is 43.3 Å². The van der Waals surface area contributed by atoms with E-state index in [1.165, 1.54) is 18.1 Å². The topological polar surface area (TPSA) is 138 Å². The molecule has 0 aliphatic heterocycles. The van der Waals surface area contributed by atoms with Crippen LogP contribution in [0.4, 0.5) is 0 Å². The van der Waals surface area contributed by atoms with Crippen molar-refractivity contribution in [2.24, 2.45) is 0 Å². The summed E-state index contributed by atoms with van der Waals surface area (Å²) in [6.45, 7) is 1.64. The molecule has 0 aromatic heterocycles. The molecule has 218 valence electrons. The quantitative estimate of drug-likeness (QED) is 0.236. The lowest BCUT2D eigenvalue weighted by molar-refractivity contribution is -0.144. The van der Waals surface area contributed by atoms with Crippen LogP contribution in [0.3, 0.4) is 0 Å². The SMILES string of the molecule is CCOCC(=O)N(Cc1ccc(Cl)cc1)[C@@H]1CC(C(=O)NCCO)=C[C@H](Oc2c(I)cc(CO)cc2OC)[C@H]1O. The number of hydrogen-bond donors (Lipinski definition) is 4. The molecule has 40 heavy (non-hydrogen) atoms. The summed E-state index contributed by atoms with van der Waals surface area (Å²) in [6.07, 6.45) is -0.702. The third kappa shape index (κ3) is 8.30. The molecule has 0 spiro atoms. The van der Waals surface area contributed by atoms with E-state index in [9.17, 15) is 24.9 Å². The fraction of sp³-hybridized carbons (Fsp3) is 0.429. The summed E-state index contributed by atoms with van der Waals surface area (Å²) in [4.78, 5) is 27.9. The van der Waals surface area contributed by atoms with Gasteiger partial charge in [-0.25, -0.2) is 0 Å². The van der Waals surface area contributed by atoms with Crippen LogP contribution in [0.15, 0.2) is 48.0 Å². The summed E-state index contributed by atoms with van der Waals surface area (Å²) in [7, 11) is 1.46. The van der Waals surface area contributed by atoms with Gasteiger partial charge < -0.3 is 39.7 Å². The minimum Gasteiger partial charge on any atom is -0.493 e. The zero-order valence-electron chi connectivity index (χ0n) is 22.3. The summed E-state index contributed by atoms with van der Waals surface area (Å²) in [6, 6.07) is 9.49. The monoisotopic (exact) mass is 688 g/mol. The second-order valence-corrected chi connectivity index (χ2v) is 10.7. The Hall–Kier alpha value is -2.42. The fourth-order valence-electron chi connectivity index (χ4n) is 4.34. The molecule has 3 atom stereocenters. The van der Waals surface area contributed by atoms with Crippen LogP contribution in [0.25, 0.3) is 0 Å². The van der Waals surface area contributed by atoms with Crippen molar-refractivity contribution in [1.29, 1.82) is 0 Å². The number of nitrogens with one attached hydrogen (secondary N) is 1. The van der Waals surface area contributed by atoms with Crippen LogP contribution < -0.4 is 14.8 Å². The molecule has 0 unspecified atom stereocenters. The second-order valence-electron chi connectivity index (χ2n) is 9.07. The first-order chi connectivity index (χ1) is 19.2. The number of rotatable bonds is 13. The maximum Gasteiger partial charge on any atom is 0.249 e. The van der Waals surface area contributed by atoms with Gasteiger partial charge in [-0.1, -0.05) is 23.7 Å². The number of carbonyl (C=O) groups is 2. The predicted octanol–water partition coefficient (Wildman–Crippen LogP) is 2.43. The van der Waals surface area contributed by atoms with Crippen molar-refractivity contribution in [3.05, 3.63) is 67.8 Å². The standard InChI is InChI=1S/C28H34ClIN2O8/c1-3-39-16-25(35)32(14-17-4-6-20(29)7-5-17)22-12-19(28(37)31-8-9-33)13-23(26(22)36)40-27-21(30)10-18(15-34)11-24(27)38-2/h4-7,10-11,13,22-23,26,33-34,36H,3,8-9,12,14-16H2,1-2H3,(H,31,37)/t22-,23+,26+/m1/s1. The van der Waals surface area contributed by atoms with Crippen LogP contribution in [-0.2, 0) is 27.5 Å². The minimum absolute atomic E-state index is 0.0427. The molecule has 10 nitrogen and oxygen atoms in total. The van der Waals surface area contributed by atoms with E-state index >= 15 is 0 Å². The first-order valence-corrected chi connectivity index (χ1v) is 14.2. The summed E-state index contributed by atoms with van der Waals surface area (Å²) < 4.78 is 17.7. The first-order valence-electron chi connectivity index (χ1n) is 12.8. The Morgan fingerprint density at radius 2 is 1.90 bits per heavy atom. The molecule has 0 heterocycles. The minimum atomic E-state index is -1.23. The molecule has 3 rings (SSSR count). The van der Waals surface area contributed by atoms with Crippen LogP contribution in [0.1, 0.15) is 24.5 Å². The third-order valence-corrected chi connectivity index (χ3v) is 7.41. The Labute approximate surface area is 252 Å². The van der Waals surface area contributed by atoms with Crippen molar-refractivity contribution < 1.29 is 39.1 Å². The lowest BCUT2D eigenvalue weighted by Gasteiger charge is -2.40. The van der Waals surface area contributed by atoms with Gasteiger partial charge >= 0.3 is 0 Å². The summed E-state index contributed by atoms with van der Waals surface area (Å²) in [5.41, 5.74) is 1.68. The van der Waals surface area contributed by atoms with Gasteiger partial charge in [-0.2, -0.15) is 0 Å². The van der Waals surface area contributed by atoms with Crippen molar-refractivity contribution in [2.45, 2.75) is 44.7 Å². The summed E-state index contributed by atoms with van der Waals surface area (Å²) in [5, 5.41) is 33.6. The number of nitrogens with zero attached hydrogens (tertiary/aromatic N) is 1. The highest BCUT2D eigenvalue weighted by atomic mass is 127. The molecule has 1 aliphatic carbocycles. The Bertz CT molecular complexity index is 1190. The molecule has 2 aromatic carbocycles. The van der Waals surface area contributed by atoms with Crippen molar-refractivity contribution in [2.75, 3.05) is 33.5 Å². The average Bonchev–Trinajstić information content (AvgIpc) is 2.96. The predicted molar refractivity (Wildman–Crippen MR) is 157 cm³/mol. The fourth-order valence-corrected chi connectivity index (χ4v) is 5.26. The number of methoxy groups -OCH3 is 1. The van der Waals surface area contributed by atoms with Crippen molar-refractivity contribution in [1.82, 2.24) is 10.2 Å². The van der Waals surface area contributed by atoms with Gasteiger partial charge in [0.2, 0.25) is 11.8 Å². The molecule has 0 saturated carbocycles. The average molecular weight is 689 g/mol. The van der Waals surface area contributed by atoms with Gasteiger partial charge in [-0.05, 0) is 71.0 Å². The Morgan fingerprint density at radius 3 is 2.52 bits per heavy atom. The number of benzene rings is 2. The van der Waals surface area contributed by atoms with Crippen molar-refractivity contribution in [3.8, 4) is 11.5 Å². The number of aliphatic hydroxyl groups is 3. The highest BCUT2D eigenvalue weighted by molar-refractivity contribution is 14.1. The van der Waals surface area contributed by atoms with Crippen molar-refractivity contribution in [3.63, 3.8) is 0 Å². The van der Waals surface area contributed by atoms with Gasteiger partial charge in [0.1, 0.15) is 18.8 Å². The number of carbonyl (C=O) groups excluding carboxylic acids is 2.